The zero-order valence-electron chi connectivity index (χ0n) is 37.8. The molecule has 0 aromatic rings. The molecular formula is C47H75NO17. The summed E-state index contributed by atoms with van der Waals surface area (Å²) in [5.41, 5.74) is 6.03. The molecule has 3 rings (SSSR count). The van der Waals surface area contributed by atoms with Gasteiger partial charge in [0.15, 0.2) is 12.1 Å². The highest BCUT2D eigenvalue weighted by Gasteiger charge is 2.54. The summed E-state index contributed by atoms with van der Waals surface area (Å²) in [5.74, 6) is -7.03. The van der Waals surface area contributed by atoms with Crippen LogP contribution >= 0.6 is 0 Å². The molecule has 2 bridgehead atoms. The molecule has 0 aromatic carbocycles. The summed E-state index contributed by atoms with van der Waals surface area (Å²) in [6.45, 7) is 6.75. The number of cyclic esters (lactones) is 1. The van der Waals surface area contributed by atoms with Crippen molar-refractivity contribution in [1.82, 2.24) is 0 Å². The number of fused-ring (bicyclic) bond motifs is 2. The Morgan fingerprint density at radius 2 is 1.29 bits per heavy atom. The maximum Gasteiger partial charge on any atom is 0.311 e. The van der Waals surface area contributed by atoms with Crippen molar-refractivity contribution in [3.8, 4) is 0 Å². The third kappa shape index (κ3) is 18.4. The Morgan fingerprint density at radius 3 is 1.94 bits per heavy atom. The second kappa shape index (κ2) is 27.6. The van der Waals surface area contributed by atoms with Crippen LogP contribution in [0.4, 0.5) is 0 Å². The molecular weight excluding hydrogens is 851 g/mol. The van der Waals surface area contributed by atoms with E-state index in [0.29, 0.717) is 0 Å². The molecule has 0 aliphatic carbocycles. The number of hydrogen-bond donors (Lipinski definition) is 12. The number of carbonyl (C=O) groups excluding carboxylic acids is 1. The number of aliphatic hydroxyl groups excluding tert-OH is 9. The fourth-order valence-corrected chi connectivity index (χ4v) is 8.11. The van der Waals surface area contributed by atoms with Crippen molar-refractivity contribution < 1.29 is 84.7 Å². The molecule has 0 radical (unpaired) electrons. The van der Waals surface area contributed by atoms with Crippen LogP contribution in [-0.2, 0) is 28.5 Å². The van der Waals surface area contributed by atoms with Crippen LogP contribution in [0.15, 0.2) is 72.9 Å². The minimum Gasteiger partial charge on any atom is -0.481 e. The lowest BCUT2D eigenvalue weighted by atomic mass is 9.82. The van der Waals surface area contributed by atoms with Crippen LogP contribution in [0.2, 0.25) is 0 Å². The third-order valence-corrected chi connectivity index (χ3v) is 12.3. The lowest BCUT2D eigenvalue weighted by Crippen LogP contribution is -2.63. The van der Waals surface area contributed by atoms with Crippen molar-refractivity contribution in [3.05, 3.63) is 72.9 Å². The molecule has 19 unspecified atom stereocenters. The number of esters is 1. The van der Waals surface area contributed by atoms with E-state index in [2.05, 4.69) is 0 Å². The summed E-state index contributed by atoms with van der Waals surface area (Å²) in [4.78, 5) is 25.2. The summed E-state index contributed by atoms with van der Waals surface area (Å²) >= 11 is 0. The van der Waals surface area contributed by atoms with Crippen molar-refractivity contribution in [3.63, 3.8) is 0 Å². The first kappa shape index (κ1) is 56.1. The molecule has 3 heterocycles. The quantitative estimate of drug-likeness (QED) is 0.175. The fraction of sp³-hybridized carbons (Fsp3) is 0.702. The van der Waals surface area contributed by atoms with Crippen LogP contribution in [0.3, 0.4) is 0 Å². The highest BCUT2D eigenvalue weighted by atomic mass is 16.7. The van der Waals surface area contributed by atoms with Gasteiger partial charge in [0.05, 0.1) is 73.5 Å². The molecule has 2 saturated heterocycles. The van der Waals surface area contributed by atoms with E-state index in [1.54, 1.807) is 44.2 Å². The zero-order valence-corrected chi connectivity index (χ0v) is 37.8. The standard InChI is InChI=1S/C47H75NO17/c1-27-18-16-14-12-10-8-6-5-7-9-11-13-15-17-19-37(64-46-43(58)40(48)42(57)30(4)63-46)44-39(45(59)60)36(54)26-47(61,65-44)25-35(53)34(52)21-20-31(49)22-32(50)23-33(51)24-38(55)62-29(3)28(2)41(27)56/h5-7,9,11-18,27-37,39-44,46,49-54,56-58,61H,8,10,19-26,48H2,1-4H3,(H,59,60)/b6-5+,9-7-,13-11+,14-12+,17-15+,18-16+. The van der Waals surface area contributed by atoms with E-state index in [-0.39, 0.29) is 38.0 Å². The van der Waals surface area contributed by atoms with Gasteiger partial charge in [0.25, 0.3) is 0 Å². The third-order valence-electron chi connectivity index (χ3n) is 12.3. The molecule has 370 valence electrons. The Labute approximate surface area is 381 Å². The van der Waals surface area contributed by atoms with Crippen LogP contribution in [0.25, 0.3) is 0 Å². The van der Waals surface area contributed by atoms with E-state index in [1.807, 2.05) is 49.5 Å². The number of aliphatic hydroxyl groups is 10. The minimum absolute atomic E-state index is 0.111. The average Bonchev–Trinajstić information content (AvgIpc) is 3.22. The lowest BCUT2D eigenvalue weighted by Gasteiger charge is -2.47. The molecule has 3 aliphatic rings. The van der Waals surface area contributed by atoms with Gasteiger partial charge in [0.2, 0.25) is 0 Å². The molecule has 0 aromatic heterocycles. The van der Waals surface area contributed by atoms with E-state index in [0.717, 1.165) is 12.8 Å². The number of carboxylic acid groups (broad SMARTS) is 1. The van der Waals surface area contributed by atoms with E-state index < -0.39 is 141 Å². The molecule has 3 aliphatic heterocycles. The second-order valence-electron chi connectivity index (χ2n) is 17.8. The summed E-state index contributed by atoms with van der Waals surface area (Å²) in [6.07, 6.45) is 1.78. The topological polar surface area (TPSA) is 320 Å². The van der Waals surface area contributed by atoms with Gasteiger partial charge in [-0.2, -0.15) is 0 Å². The number of ether oxygens (including phenoxy) is 4. The lowest BCUT2D eigenvalue weighted by molar-refractivity contribution is -0.339. The predicted octanol–water partition coefficient (Wildman–Crippen LogP) is 0.936. The highest BCUT2D eigenvalue weighted by molar-refractivity contribution is 5.72. The molecule has 18 nitrogen and oxygen atoms in total. The first-order valence-corrected chi connectivity index (χ1v) is 22.6. The number of hydrogen-bond acceptors (Lipinski definition) is 17. The summed E-state index contributed by atoms with van der Waals surface area (Å²) in [5, 5.41) is 119. The van der Waals surface area contributed by atoms with E-state index in [1.165, 1.54) is 6.92 Å². The van der Waals surface area contributed by atoms with Gasteiger partial charge in [-0.3, -0.25) is 9.59 Å². The number of nitrogens with two attached hydrogens (primary N) is 1. The van der Waals surface area contributed by atoms with Crippen LogP contribution in [-0.4, -0.2) is 166 Å². The van der Waals surface area contributed by atoms with Gasteiger partial charge in [0.1, 0.15) is 24.2 Å². The van der Waals surface area contributed by atoms with E-state index in [9.17, 15) is 65.8 Å². The minimum atomic E-state index is -2.42. The zero-order chi connectivity index (χ0) is 48.4. The number of carbonyl (C=O) groups is 2. The molecule has 0 amide bonds. The van der Waals surface area contributed by atoms with Gasteiger partial charge in [-0.15, -0.1) is 0 Å². The summed E-state index contributed by atoms with van der Waals surface area (Å²) in [7, 11) is 0. The molecule has 18 heteroatoms. The average molecular weight is 926 g/mol. The SMILES string of the molecule is CC1/C=C/C=C/CC/C=C/C=C\C=C\C=C\CC(OC2OC(C)C(O)C(N)C2O)C2OC(O)(CC(O)C(O)CCC(O)CC(O)CC(O)CC(=O)OC(C)C(C)C1O)CC(O)C2C(=O)O. The Kier molecular flexibility index (Phi) is 23.8. The normalized spacial score (nSPS) is 45.2. The first-order chi connectivity index (χ1) is 30.6. The Balaban J connectivity index is 1.85. The molecule has 0 saturated carbocycles. The van der Waals surface area contributed by atoms with Crippen LogP contribution in [0.5, 0.6) is 0 Å². The molecule has 2 fully saturated rings. The van der Waals surface area contributed by atoms with Crippen LogP contribution < -0.4 is 5.73 Å². The smallest absolute Gasteiger partial charge is 0.311 e. The van der Waals surface area contributed by atoms with Crippen molar-refractivity contribution >= 4 is 11.9 Å². The number of carboxylic acids is 1. The number of aliphatic carboxylic acids is 1. The molecule has 0 spiro atoms. The van der Waals surface area contributed by atoms with Crippen LogP contribution in [0.1, 0.15) is 91.9 Å². The largest absolute Gasteiger partial charge is 0.481 e. The maximum atomic E-state index is 12.6. The van der Waals surface area contributed by atoms with Crippen molar-refractivity contribution in [2.45, 2.75) is 189 Å². The fourth-order valence-electron chi connectivity index (χ4n) is 8.11. The Morgan fingerprint density at radius 1 is 0.708 bits per heavy atom. The van der Waals surface area contributed by atoms with Gasteiger partial charge in [-0.05, 0) is 58.8 Å². The maximum absolute atomic E-state index is 12.6. The van der Waals surface area contributed by atoms with Crippen molar-refractivity contribution in [2.24, 2.45) is 23.5 Å². The van der Waals surface area contributed by atoms with Gasteiger partial charge >= 0.3 is 11.9 Å². The van der Waals surface area contributed by atoms with Gasteiger partial charge in [-0.25, -0.2) is 0 Å². The Hall–Kier alpha value is -3.18. The molecule has 13 N–H and O–H groups in total. The highest BCUT2D eigenvalue weighted by Crippen LogP contribution is 2.39. The van der Waals surface area contributed by atoms with E-state index >= 15 is 0 Å². The van der Waals surface area contributed by atoms with Crippen molar-refractivity contribution in [2.75, 3.05) is 0 Å². The molecule has 19 atom stereocenters. The monoisotopic (exact) mass is 926 g/mol. The van der Waals surface area contributed by atoms with Gasteiger partial charge in [0, 0.05) is 24.7 Å². The van der Waals surface area contributed by atoms with Crippen molar-refractivity contribution in [1.29, 1.82) is 0 Å². The van der Waals surface area contributed by atoms with Gasteiger partial charge in [-0.1, -0.05) is 86.8 Å². The molecule has 65 heavy (non-hydrogen) atoms. The first-order valence-electron chi connectivity index (χ1n) is 22.6. The predicted molar refractivity (Wildman–Crippen MR) is 237 cm³/mol. The van der Waals surface area contributed by atoms with Crippen LogP contribution in [0, 0.1) is 17.8 Å². The summed E-state index contributed by atoms with van der Waals surface area (Å²) in [6, 6.07) is -1.20. The Bertz CT molecular complexity index is 1620. The second-order valence-corrected chi connectivity index (χ2v) is 17.8. The van der Waals surface area contributed by atoms with Gasteiger partial charge < -0.3 is 80.9 Å². The number of rotatable bonds is 3. The summed E-state index contributed by atoms with van der Waals surface area (Å²) < 4.78 is 23.3. The van der Waals surface area contributed by atoms with E-state index in [4.69, 9.17) is 24.7 Å². The number of allylic oxidation sites excluding steroid dienone is 10.